The molecule has 1 aliphatic rings. The molecular weight excluding hydrogens is 274 g/mol. The molecule has 0 unspecified atom stereocenters. The molecule has 0 aromatic carbocycles. The van der Waals surface area contributed by atoms with Gasteiger partial charge in [-0.05, 0) is 41.3 Å². The van der Waals surface area contributed by atoms with Gasteiger partial charge in [-0.25, -0.2) is 0 Å². The van der Waals surface area contributed by atoms with E-state index < -0.39 is 0 Å². The molecule has 0 aliphatic heterocycles. The summed E-state index contributed by atoms with van der Waals surface area (Å²) in [6.07, 6.45) is 13.8. The molecule has 1 saturated carbocycles. The van der Waals surface area contributed by atoms with E-state index >= 15 is 0 Å². The Labute approximate surface area is 138 Å². The molecule has 0 spiro atoms. The van der Waals surface area contributed by atoms with Crippen LogP contribution in [0.25, 0.3) is 0 Å². The standard InChI is InChI=1S/C19H34BCl/c1-6-7-11-14-20(19(4,5)16(2)3)18(21)15-17-12-9-8-10-13-17/h11,14-17H,6-10,12-13H2,1-5H3/b14-11+,18-15-. The van der Waals surface area contributed by atoms with Gasteiger partial charge in [-0.15, -0.1) is 5.98 Å². The molecule has 0 radical (unpaired) electrons. The summed E-state index contributed by atoms with van der Waals surface area (Å²) in [5, 5.41) is 0.201. The first kappa shape index (κ1) is 18.9. The fourth-order valence-electron chi connectivity index (χ4n) is 3.08. The molecule has 1 aliphatic carbocycles. The lowest BCUT2D eigenvalue weighted by atomic mass is 9.31. The van der Waals surface area contributed by atoms with Crippen LogP contribution in [0.2, 0.25) is 5.31 Å². The van der Waals surface area contributed by atoms with Crippen molar-refractivity contribution < 1.29 is 0 Å². The summed E-state index contributed by atoms with van der Waals surface area (Å²) in [5.74, 6) is 3.68. The van der Waals surface area contributed by atoms with Crippen molar-refractivity contribution in [3.63, 3.8) is 0 Å². The lowest BCUT2D eigenvalue weighted by molar-refractivity contribution is 0.419. The molecule has 0 atom stereocenters. The van der Waals surface area contributed by atoms with Gasteiger partial charge in [-0.3, -0.25) is 0 Å². The molecule has 0 amide bonds. The fourth-order valence-corrected chi connectivity index (χ4v) is 3.62. The summed E-state index contributed by atoms with van der Waals surface area (Å²) >= 11 is 6.80. The molecule has 0 N–H and O–H groups in total. The topological polar surface area (TPSA) is 0 Å². The summed E-state index contributed by atoms with van der Waals surface area (Å²) in [6, 6.07) is 0. The quantitative estimate of drug-likeness (QED) is 0.442. The number of allylic oxidation sites excluding steroid dienone is 2. The third kappa shape index (κ3) is 5.85. The van der Waals surface area contributed by atoms with Crippen molar-refractivity contribution in [2.24, 2.45) is 11.8 Å². The molecule has 0 saturated heterocycles. The van der Waals surface area contributed by atoms with Gasteiger partial charge in [0.1, 0.15) is 0 Å². The number of hydrogen-bond acceptors (Lipinski definition) is 0. The van der Waals surface area contributed by atoms with E-state index in [9.17, 15) is 0 Å². The van der Waals surface area contributed by atoms with Crippen LogP contribution >= 0.6 is 11.6 Å². The third-order valence-electron chi connectivity index (χ3n) is 5.42. The van der Waals surface area contributed by atoms with Gasteiger partial charge in [-0.2, -0.15) is 0 Å². The minimum Gasteiger partial charge on any atom is -0.113 e. The van der Waals surface area contributed by atoms with E-state index in [1.165, 1.54) is 38.5 Å². The molecule has 0 nitrogen and oxygen atoms in total. The Balaban J connectivity index is 2.90. The zero-order chi connectivity index (χ0) is 15.9. The Morgan fingerprint density at radius 1 is 1.24 bits per heavy atom. The summed E-state index contributed by atoms with van der Waals surface area (Å²) in [4.78, 5) is 1.08. The Hall–Kier alpha value is -0.165. The lowest BCUT2D eigenvalue weighted by Crippen LogP contribution is -2.32. The van der Waals surface area contributed by atoms with Gasteiger partial charge in [0.2, 0.25) is 6.71 Å². The molecular formula is C19H34BCl. The van der Waals surface area contributed by atoms with Crippen LogP contribution in [0.3, 0.4) is 0 Å². The summed E-state index contributed by atoms with van der Waals surface area (Å²) in [6.45, 7) is 11.9. The van der Waals surface area contributed by atoms with E-state index in [1.54, 1.807) is 0 Å². The monoisotopic (exact) mass is 308 g/mol. The normalized spacial score (nSPS) is 18.7. The Morgan fingerprint density at radius 2 is 1.86 bits per heavy atom. The van der Waals surface area contributed by atoms with Crippen molar-refractivity contribution in [2.45, 2.75) is 84.9 Å². The fraction of sp³-hybridized carbons (Fsp3) is 0.789. The Kier molecular flexibility index (Phi) is 8.17. The van der Waals surface area contributed by atoms with Crippen LogP contribution in [0, 0.1) is 11.8 Å². The number of hydrogen-bond donors (Lipinski definition) is 0. The largest absolute Gasteiger partial charge is 0.221 e. The minimum absolute atomic E-state index is 0.201. The molecule has 0 aromatic rings. The van der Waals surface area contributed by atoms with Crippen LogP contribution in [0.5, 0.6) is 0 Å². The highest BCUT2D eigenvalue weighted by atomic mass is 35.5. The van der Waals surface area contributed by atoms with Gasteiger partial charge in [0.15, 0.2) is 0 Å². The van der Waals surface area contributed by atoms with Crippen LogP contribution in [0.4, 0.5) is 0 Å². The van der Waals surface area contributed by atoms with Gasteiger partial charge >= 0.3 is 0 Å². The third-order valence-corrected chi connectivity index (χ3v) is 5.78. The van der Waals surface area contributed by atoms with E-state index in [1.807, 2.05) is 0 Å². The van der Waals surface area contributed by atoms with Gasteiger partial charge in [-0.1, -0.05) is 84.1 Å². The van der Waals surface area contributed by atoms with Crippen LogP contribution < -0.4 is 0 Å². The molecule has 120 valence electrons. The minimum atomic E-state index is 0.201. The zero-order valence-electron chi connectivity index (χ0n) is 14.8. The predicted octanol–water partition coefficient (Wildman–Crippen LogP) is 7.06. The zero-order valence-corrected chi connectivity index (χ0v) is 15.5. The van der Waals surface area contributed by atoms with E-state index in [2.05, 4.69) is 52.7 Å². The molecule has 1 fully saturated rings. The lowest BCUT2D eigenvalue weighted by Gasteiger charge is -2.34. The van der Waals surface area contributed by atoms with E-state index in [4.69, 9.17) is 11.6 Å². The molecule has 1 rings (SSSR count). The van der Waals surface area contributed by atoms with Crippen molar-refractivity contribution in [2.75, 3.05) is 0 Å². The van der Waals surface area contributed by atoms with Crippen molar-refractivity contribution in [3.8, 4) is 0 Å². The molecule has 2 heteroatoms. The molecule has 0 aromatic heterocycles. The van der Waals surface area contributed by atoms with Crippen LogP contribution in [-0.4, -0.2) is 6.71 Å². The second kappa shape index (κ2) is 9.08. The molecule has 0 bridgehead atoms. The van der Waals surface area contributed by atoms with Crippen molar-refractivity contribution in [1.29, 1.82) is 0 Å². The van der Waals surface area contributed by atoms with E-state index in [0.717, 1.165) is 11.4 Å². The SMILES string of the molecule is CCC/C=C/B(/C(Cl)=C/C1CCCCC1)C(C)(C)C(C)C. The van der Waals surface area contributed by atoms with Gasteiger partial charge < -0.3 is 0 Å². The molecule has 21 heavy (non-hydrogen) atoms. The first-order valence-electron chi connectivity index (χ1n) is 8.93. The van der Waals surface area contributed by atoms with Crippen LogP contribution in [-0.2, 0) is 0 Å². The highest BCUT2D eigenvalue weighted by molar-refractivity contribution is 6.83. The van der Waals surface area contributed by atoms with Gasteiger partial charge in [0.25, 0.3) is 0 Å². The Bertz CT molecular complexity index is 349. The first-order valence-corrected chi connectivity index (χ1v) is 9.31. The second-order valence-electron chi connectivity index (χ2n) is 7.62. The average molecular weight is 309 g/mol. The van der Waals surface area contributed by atoms with E-state index in [-0.39, 0.29) is 5.31 Å². The first-order chi connectivity index (χ1) is 9.89. The van der Waals surface area contributed by atoms with Crippen molar-refractivity contribution in [1.82, 2.24) is 0 Å². The Morgan fingerprint density at radius 3 is 2.38 bits per heavy atom. The smallest absolute Gasteiger partial charge is 0.113 e. The highest BCUT2D eigenvalue weighted by Crippen LogP contribution is 2.42. The van der Waals surface area contributed by atoms with Crippen LogP contribution in [0.1, 0.15) is 79.6 Å². The number of halogens is 1. The highest BCUT2D eigenvalue weighted by Gasteiger charge is 2.36. The maximum atomic E-state index is 6.80. The average Bonchev–Trinajstić information content (AvgIpc) is 2.44. The van der Waals surface area contributed by atoms with E-state index in [0.29, 0.717) is 18.5 Å². The maximum Gasteiger partial charge on any atom is 0.221 e. The van der Waals surface area contributed by atoms with Crippen molar-refractivity contribution >= 4 is 18.3 Å². The van der Waals surface area contributed by atoms with Crippen LogP contribution in [0.15, 0.2) is 23.1 Å². The predicted molar refractivity (Wildman–Crippen MR) is 99.2 cm³/mol. The number of unbranched alkanes of at least 4 members (excludes halogenated alkanes) is 1. The summed E-state index contributed by atoms with van der Waals surface area (Å²) in [5.41, 5.74) is 0. The van der Waals surface area contributed by atoms with Crippen molar-refractivity contribution in [3.05, 3.63) is 23.1 Å². The summed E-state index contributed by atoms with van der Waals surface area (Å²) in [7, 11) is 0. The van der Waals surface area contributed by atoms with Gasteiger partial charge in [0, 0.05) is 0 Å². The molecule has 0 heterocycles. The van der Waals surface area contributed by atoms with Gasteiger partial charge in [0.05, 0.1) is 0 Å². The maximum absolute atomic E-state index is 6.80. The summed E-state index contributed by atoms with van der Waals surface area (Å²) < 4.78 is 0. The number of rotatable bonds is 7. The second-order valence-corrected chi connectivity index (χ2v) is 8.06.